The Morgan fingerprint density at radius 3 is 0.795 bits per heavy atom. The smallest absolute Gasteiger partial charge is 0.124 e. The molecule has 4 aliphatic heterocycles. The highest BCUT2D eigenvalue weighted by atomic mass is 16.5. The van der Waals surface area contributed by atoms with E-state index in [1.165, 1.54) is 0 Å². The van der Waals surface area contributed by atoms with Gasteiger partial charge >= 0.3 is 0 Å². The molecule has 4 rings (SSSR count). The summed E-state index contributed by atoms with van der Waals surface area (Å²) in [6.45, 7) is 10.4. The predicted molar refractivity (Wildman–Crippen MR) is 143 cm³/mol. The van der Waals surface area contributed by atoms with E-state index in [9.17, 15) is 15.3 Å². The summed E-state index contributed by atoms with van der Waals surface area (Å²) < 4.78 is 34.4. The van der Waals surface area contributed by atoms with Crippen LogP contribution in [-0.4, -0.2) is 185 Å². The lowest BCUT2D eigenvalue weighted by atomic mass is 10.0. The van der Waals surface area contributed by atoms with Crippen LogP contribution in [0.5, 0.6) is 0 Å². The van der Waals surface area contributed by atoms with Gasteiger partial charge in [0.15, 0.2) is 0 Å². The van der Waals surface area contributed by atoms with E-state index < -0.39 is 16.8 Å². The van der Waals surface area contributed by atoms with Gasteiger partial charge in [0.1, 0.15) is 16.8 Å². The van der Waals surface area contributed by atoms with Crippen molar-refractivity contribution in [3.8, 4) is 0 Å². The summed E-state index contributed by atoms with van der Waals surface area (Å²) in [4.78, 5) is 6.72. The molecule has 0 aromatic rings. The van der Waals surface area contributed by atoms with Crippen molar-refractivity contribution in [3.05, 3.63) is 0 Å². The van der Waals surface area contributed by atoms with Gasteiger partial charge in [0.2, 0.25) is 0 Å². The van der Waals surface area contributed by atoms with Crippen LogP contribution in [-0.2, 0) is 28.4 Å². The Hall–Kier alpha value is -0.480. The number of aliphatic hydroxyl groups is 3. The van der Waals surface area contributed by atoms with Gasteiger partial charge in [0.25, 0.3) is 0 Å². The van der Waals surface area contributed by atoms with Crippen LogP contribution in [0.4, 0.5) is 0 Å². The summed E-state index contributed by atoms with van der Waals surface area (Å²) in [7, 11) is 0. The summed E-state index contributed by atoms with van der Waals surface area (Å²) >= 11 is 0. The first-order chi connectivity index (χ1) is 18.9. The molecule has 0 spiro atoms. The van der Waals surface area contributed by atoms with Crippen molar-refractivity contribution in [1.29, 1.82) is 0 Å². The minimum absolute atomic E-state index is 0.236. The van der Waals surface area contributed by atoms with Crippen molar-refractivity contribution in [2.45, 2.75) is 36.1 Å². The van der Waals surface area contributed by atoms with E-state index in [0.29, 0.717) is 98.5 Å². The molecule has 0 aromatic heterocycles. The van der Waals surface area contributed by atoms with Gasteiger partial charge in [-0.3, -0.25) is 14.7 Å². The third kappa shape index (κ3) is 11.0. The van der Waals surface area contributed by atoms with Gasteiger partial charge in [-0.05, 0) is 19.3 Å². The first-order valence-electron chi connectivity index (χ1n) is 14.7. The molecule has 39 heavy (non-hydrogen) atoms. The summed E-state index contributed by atoms with van der Waals surface area (Å²) in [5.41, 5.74) is -3.28. The van der Waals surface area contributed by atoms with E-state index in [2.05, 4.69) is 14.7 Å². The Labute approximate surface area is 233 Å². The fraction of sp³-hybridized carbons (Fsp3) is 1.00. The van der Waals surface area contributed by atoms with E-state index in [-0.39, 0.29) is 39.6 Å². The molecule has 0 amide bonds. The van der Waals surface area contributed by atoms with Crippen LogP contribution in [0.3, 0.4) is 0 Å². The van der Waals surface area contributed by atoms with Crippen molar-refractivity contribution in [1.82, 2.24) is 14.7 Å². The van der Waals surface area contributed by atoms with Crippen LogP contribution in [0.2, 0.25) is 0 Å². The van der Waals surface area contributed by atoms with Crippen molar-refractivity contribution in [3.63, 3.8) is 0 Å². The topological polar surface area (TPSA) is 126 Å². The van der Waals surface area contributed by atoms with E-state index in [0.717, 1.165) is 19.3 Å². The second-order valence-corrected chi connectivity index (χ2v) is 11.9. The molecule has 4 fully saturated rings. The number of β-amino-alcohol motifs (C(OH)–C–C–N with tert-alkyl or cyclic N) is 3. The maximum atomic E-state index is 11.3. The van der Waals surface area contributed by atoms with Gasteiger partial charge in [0.05, 0.1) is 39.6 Å². The van der Waals surface area contributed by atoms with Crippen molar-refractivity contribution < 1.29 is 43.7 Å². The molecule has 0 atom stereocenters. The Kier molecular flexibility index (Phi) is 12.6. The number of ether oxygens (including phenoxy) is 6. The van der Waals surface area contributed by atoms with Gasteiger partial charge in [-0.15, -0.1) is 0 Å². The monoisotopic (exact) mass is 561 g/mol. The predicted octanol–water partition coefficient (Wildman–Crippen LogP) is -1.59. The van der Waals surface area contributed by atoms with E-state index in [4.69, 9.17) is 28.4 Å². The third-order valence-corrected chi connectivity index (χ3v) is 7.71. The Bertz CT molecular complexity index is 577. The van der Waals surface area contributed by atoms with Crippen molar-refractivity contribution >= 4 is 0 Å². The quantitative estimate of drug-likeness (QED) is 0.346. The minimum Gasteiger partial charge on any atom is -0.384 e. The summed E-state index contributed by atoms with van der Waals surface area (Å²) in [5.74, 6) is 0. The number of nitrogens with zero attached hydrogens (tertiary/aromatic N) is 3. The zero-order valence-corrected chi connectivity index (χ0v) is 23.6. The first kappa shape index (κ1) is 31.5. The highest BCUT2D eigenvalue weighted by Gasteiger charge is 2.36. The van der Waals surface area contributed by atoms with Crippen LogP contribution in [0.15, 0.2) is 0 Å². The van der Waals surface area contributed by atoms with E-state index in [1.54, 1.807) is 0 Å². The zero-order chi connectivity index (χ0) is 27.4. The fourth-order valence-electron chi connectivity index (χ4n) is 5.67. The Morgan fingerprint density at radius 2 is 0.590 bits per heavy atom. The van der Waals surface area contributed by atoms with Crippen molar-refractivity contribution in [2.75, 3.05) is 138 Å². The van der Waals surface area contributed by atoms with Gasteiger partial charge in [0, 0.05) is 98.5 Å². The standard InChI is InChI=1S/C27H51N3O9/c31-25(19-34-10-1-11-35-20-25)16-28-4-6-29(17-26(32)21-36-12-2-13-37-22-26)8-9-30(7-5-28)18-27(33)23-38-14-3-15-39-24-27/h31-33H,1-24H2. The number of hydrogen-bond acceptors (Lipinski definition) is 12. The zero-order valence-electron chi connectivity index (χ0n) is 23.6. The minimum atomic E-state index is -1.09. The molecule has 3 N–H and O–H groups in total. The second kappa shape index (κ2) is 15.7. The van der Waals surface area contributed by atoms with Crippen molar-refractivity contribution in [2.24, 2.45) is 0 Å². The van der Waals surface area contributed by atoms with Gasteiger partial charge in [-0.2, -0.15) is 0 Å². The lowest BCUT2D eigenvalue weighted by Gasteiger charge is -2.37. The third-order valence-electron chi connectivity index (χ3n) is 7.71. The molecule has 4 aliphatic rings. The van der Waals surface area contributed by atoms with Crippen LogP contribution < -0.4 is 0 Å². The van der Waals surface area contributed by atoms with Gasteiger partial charge in [-0.25, -0.2) is 0 Å². The highest BCUT2D eigenvalue weighted by Crippen LogP contribution is 2.18. The van der Waals surface area contributed by atoms with Crippen LogP contribution >= 0.6 is 0 Å². The lowest BCUT2D eigenvalue weighted by Crippen LogP contribution is -2.54. The van der Waals surface area contributed by atoms with Crippen LogP contribution in [0.25, 0.3) is 0 Å². The number of hydrogen-bond donors (Lipinski definition) is 3. The molecule has 0 unspecified atom stereocenters. The average Bonchev–Trinajstić information content (AvgIpc) is 2.94. The molecule has 0 saturated carbocycles. The van der Waals surface area contributed by atoms with E-state index >= 15 is 0 Å². The lowest BCUT2D eigenvalue weighted by molar-refractivity contribution is -0.130. The number of rotatable bonds is 6. The molecular formula is C27H51N3O9. The molecule has 0 aromatic carbocycles. The molecule has 12 nitrogen and oxygen atoms in total. The van der Waals surface area contributed by atoms with Crippen LogP contribution in [0.1, 0.15) is 19.3 Å². The van der Waals surface area contributed by atoms with Gasteiger partial charge < -0.3 is 43.7 Å². The highest BCUT2D eigenvalue weighted by molar-refractivity contribution is 4.89. The summed E-state index contributed by atoms with van der Waals surface area (Å²) in [6, 6.07) is 0. The normalized spacial score (nSPS) is 29.3. The van der Waals surface area contributed by atoms with E-state index in [1.807, 2.05) is 0 Å². The molecule has 0 radical (unpaired) electrons. The SMILES string of the molecule is OC1(CN2CCN(CC3(O)COCCCOC3)CCN(CC3(O)COCCCOC3)CC2)COCCCOC1. The maximum absolute atomic E-state index is 11.3. The molecular weight excluding hydrogens is 510 g/mol. The first-order valence-corrected chi connectivity index (χ1v) is 14.7. The van der Waals surface area contributed by atoms with Gasteiger partial charge in [-0.1, -0.05) is 0 Å². The largest absolute Gasteiger partial charge is 0.384 e. The molecule has 228 valence electrons. The van der Waals surface area contributed by atoms with Crippen LogP contribution in [0, 0.1) is 0 Å². The molecule has 0 aliphatic carbocycles. The molecule has 4 heterocycles. The fourth-order valence-corrected chi connectivity index (χ4v) is 5.67. The average molecular weight is 562 g/mol. The molecule has 12 heteroatoms. The second-order valence-electron chi connectivity index (χ2n) is 11.9. The summed E-state index contributed by atoms with van der Waals surface area (Å²) in [6.07, 6.45) is 2.49. The molecule has 0 bridgehead atoms. The summed E-state index contributed by atoms with van der Waals surface area (Å²) in [5, 5.41) is 34.0. The molecule has 4 saturated heterocycles. The maximum Gasteiger partial charge on any atom is 0.124 e. The Balaban J connectivity index is 1.44. The Morgan fingerprint density at radius 1 is 0.385 bits per heavy atom.